The third-order valence-corrected chi connectivity index (χ3v) is 3.46. The van der Waals surface area contributed by atoms with Gasteiger partial charge in [0.15, 0.2) is 0 Å². The number of anilines is 2. The van der Waals surface area contributed by atoms with Crippen LogP contribution >= 0.6 is 0 Å². The summed E-state index contributed by atoms with van der Waals surface area (Å²) in [5, 5.41) is 0. The van der Waals surface area contributed by atoms with E-state index in [0.717, 1.165) is 44.0 Å². The van der Waals surface area contributed by atoms with Gasteiger partial charge in [-0.1, -0.05) is 6.92 Å². The van der Waals surface area contributed by atoms with Crippen LogP contribution in [0.15, 0.2) is 6.33 Å². The summed E-state index contributed by atoms with van der Waals surface area (Å²) < 4.78 is 5.52. The first-order valence-corrected chi connectivity index (χ1v) is 6.60. The Morgan fingerprint density at radius 2 is 2.33 bits per heavy atom. The van der Waals surface area contributed by atoms with Crippen LogP contribution in [0.1, 0.15) is 25.3 Å². The Bertz CT molecular complexity index is 391. The molecule has 1 aliphatic heterocycles. The Balaban J connectivity index is 2.07. The highest BCUT2D eigenvalue weighted by atomic mass is 16.5. The van der Waals surface area contributed by atoms with E-state index in [1.54, 1.807) is 0 Å². The molecule has 2 heterocycles. The monoisotopic (exact) mass is 250 g/mol. The molecule has 0 radical (unpaired) electrons. The molecule has 1 aliphatic rings. The third kappa shape index (κ3) is 2.90. The summed E-state index contributed by atoms with van der Waals surface area (Å²) in [6, 6.07) is 0. The largest absolute Gasteiger partial charge is 0.383 e. The fraction of sp³-hybridized carbons (Fsp3) is 0.692. The van der Waals surface area contributed by atoms with Crippen molar-refractivity contribution in [3.05, 3.63) is 11.9 Å². The molecule has 1 aromatic rings. The second-order valence-corrected chi connectivity index (χ2v) is 4.88. The van der Waals surface area contributed by atoms with Gasteiger partial charge in [-0.25, -0.2) is 9.97 Å². The predicted molar refractivity (Wildman–Crippen MR) is 72.6 cm³/mol. The van der Waals surface area contributed by atoms with Crippen LogP contribution in [0.2, 0.25) is 0 Å². The van der Waals surface area contributed by atoms with E-state index in [1.807, 2.05) is 0 Å². The summed E-state index contributed by atoms with van der Waals surface area (Å²) in [7, 11) is 2.07. The van der Waals surface area contributed by atoms with Gasteiger partial charge in [0.25, 0.3) is 0 Å². The van der Waals surface area contributed by atoms with E-state index in [9.17, 15) is 0 Å². The molecule has 1 unspecified atom stereocenters. The van der Waals surface area contributed by atoms with Crippen LogP contribution in [0.25, 0.3) is 0 Å². The number of nitrogens with zero attached hydrogens (tertiary/aromatic N) is 3. The number of hydrogen-bond donors (Lipinski definition) is 1. The maximum absolute atomic E-state index is 5.90. The molecule has 1 saturated heterocycles. The van der Waals surface area contributed by atoms with Crippen molar-refractivity contribution in [2.75, 3.05) is 37.4 Å². The van der Waals surface area contributed by atoms with Gasteiger partial charge in [-0.2, -0.15) is 0 Å². The minimum absolute atomic E-state index is 0.588. The molecule has 0 bridgehead atoms. The van der Waals surface area contributed by atoms with Gasteiger partial charge in [-0.3, -0.25) is 0 Å². The molecule has 1 atom stereocenters. The second kappa shape index (κ2) is 6.00. The van der Waals surface area contributed by atoms with Crippen LogP contribution in [0.5, 0.6) is 0 Å². The van der Waals surface area contributed by atoms with Crippen LogP contribution in [0.4, 0.5) is 11.6 Å². The molecule has 0 aromatic carbocycles. The first kappa shape index (κ1) is 13.1. The maximum atomic E-state index is 5.90. The normalized spacial score (nSPS) is 19.8. The molecule has 0 saturated carbocycles. The molecule has 0 amide bonds. The zero-order chi connectivity index (χ0) is 13.0. The summed E-state index contributed by atoms with van der Waals surface area (Å²) in [5.74, 6) is 2.13. The molecule has 1 aromatic heterocycles. The molecule has 18 heavy (non-hydrogen) atoms. The molecule has 100 valence electrons. The van der Waals surface area contributed by atoms with Crippen molar-refractivity contribution < 1.29 is 4.74 Å². The van der Waals surface area contributed by atoms with Crippen molar-refractivity contribution in [2.45, 2.75) is 26.2 Å². The Labute approximate surface area is 108 Å². The summed E-state index contributed by atoms with van der Waals surface area (Å²) in [6.07, 6.45) is 4.78. The van der Waals surface area contributed by atoms with E-state index >= 15 is 0 Å². The lowest BCUT2D eigenvalue weighted by Gasteiger charge is -2.28. The predicted octanol–water partition coefficient (Wildman–Crippen LogP) is 1.48. The highest BCUT2D eigenvalue weighted by Crippen LogP contribution is 2.23. The van der Waals surface area contributed by atoms with Gasteiger partial charge < -0.3 is 15.4 Å². The number of ether oxygens (including phenoxy) is 1. The van der Waals surface area contributed by atoms with Gasteiger partial charge in [0.1, 0.15) is 18.0 Å². The Kier molecular flexibility index (Phi) is 4.36. The van der Waals surface area contributed by atoms with Crippen molar-refractivity contribution in [2.24, 2.45) is 5.92 Å². The number of rotatable bonds is 4. The molecule has 2 N–H and O–H groups in total. The smallest absolute Gasteiger partial charge is 0.137 e. The van der Waals surface area contributed by atoms with Crippen molar-refractivity contribution >= 4 is 11.6 Å². The number of hydrogen-bond acceptors (Lipinski definition) is 5. The summed E-state index contributed by atoms with van der Waals surface area (Å²) in [6.45, 7) is 4.80. The topological polar surface area (TPSA) is 64.3 Å². The lowest BCUT2D eigenvalue weighted by atomic mass is 10.0. The van der Waals surface area contributed by atoms with Crippen LogP contribution in [-0.2, 0) is 11.2 Å². The fourth-order valence-electron chi connectivity index (χ4n) is 2.51. The highest BCUT2D eigenvalue weighted by Gasteiger charge is 2.18. The summed E-state index contributed by atoms with van der Waals surface area (Å²) in [4.78, 5) is 10.6. The van der Waals surface area contributed by atoms with E-state index < -0.39 is 0 Å². The van der Waals surface area contributed by atoms with E-state index in [2.05, 4.69) is 28.8 Å². The Morgan fingerprint density at radius 3 is 3.00 bits per heavy atom. The van der Waals surface area contributed by atoms with Crippen LogP contribution in [0, 0.1) is 5.92 Å². The zero-order valence-corrected chi connectivity index (χ0v) is 11.2. The third-order valence-electron chi connectivity index (χ3n) is 3.46. The quantitative estimate of drug-likeness (QED) is 0.877. The van der Waals surface area contributed by atoms with Gasteiger partial charge in [0, 0.05) is 25.8 Å². The van der Waals surface area contributed by atoms with Gasteiger partial charge in [-0.05, 0) is 25.2 Å². The molecule has 5 nitrogen and oxygen atoms in total. The molecule has 0 aliphatic carbocycles. The summed E-state index contributed by atoms with van der Waals surface area (Å²) in [5.41, 5.74) is 6.94. The first-order valence-electron chi connectivity index (χ1n) is 6.60. The molecular weight excluding hydrogens is 228 g/mol. The molecule has 1 fully saturated rings. The van der Waals surface area contributed by atoms with Crippen molar-refractivity contribution in [1.82, 2.24) is 9.97 Å². The SMILES string of the molecule is CCc1c(N)ncnc1N(C)CC1CCCOC1. The van der Waals surface area contributed by atoms with Gasteiger partial charge in [-0.15, -0.1) is 0 Å². The van der Waals surface area contributed by atoms with Gasteiger partial charge >= 0.3 is 0 Å². The highest BCUT2D eigenvalue weighted by molar-refractivity contribution is 5.56. The van der Waals surface area contributed by atoms with Crippen LogP contribution in [-0.4, -0.2) is 36.8 Å². The molecule has 2 rings (SSSR count). The lowest BCUT2D eigenvalue weighted by molar-refractivity contribution is 0.0576. The standard InChI is InChI=1S/C13H22N4O/c1-3-11-12(14)15-9-16-13(11)17(2)7-10-5-4-6-18-8-10/h9-10H,3-8H2,1-2H3,(H2,14,15,16). The van der Waals surface area contributed by atoms with E-state index in [1.165, 1.54) is 12.7 Å². The van der Waals surface area contributed by atoms with Gasteiger partial charge in [0.05, 0.1) is 6.61 Å². The number of nitrogen functional groups attached to an aromatic ring is 1. The number of nitrogens with two attached hydrogens (primary N) is 1. The van der Waals surface area contributed by atoms with Gasteiger partial charge in [0.2, 0.25) is 0 Å². The lowest BCUT2D eigenvalue weighted by Crippen LogP contribution is -2.32. The molecular formula is C13H22N4O. The van der Waals surface area contributed by atoms with Crippen molar-refractivity contribution in [3.63, 3.8) is 0 Å². The van der Waals surface area contributed by atoms with Crippen molar-refractivity contribution in [1.29, 1.82) is 0 Å². The second-order valence-electron chi connectivity index (χ2n) is 4.88. The Morgan fingerprint density at radius 1 is 1.50 bits per heavy atom. The summed E-state index contributed by atoms with van der Waals surface area (Å²) >= 11 is 0. The van der Waals surface area contributed by atoms with Crippen LogP contribution in [0.3, 0.4) is 0 Å². The molecule has 0 spiro atoms. The molecule has 5 heteroatoms. The van der Waals surface area contributed by atoms with E-state index in [-0.39, 0.29) is 0 Å². The fourth-order valence-corrected chi connectivity index (χ4v) is 2.51. The maximum Gasteiger partial charge on any atom is 0.137 e. The van der Waals surface area contributed by atoms with E-state index in [4.69, 9.17) is 10.5 Å². The average Bonchev–Trinajstić information content (AvgIpc) is 2.39. The van der Waals surface area contributed by atoms with Crippen LogP contribution < -0.4 is 10.6 Å². The minimum Gasteiger partial charge on any atom is -0.383 e. The van der Waals surface area contributed by atoms with Crippen molar-refractivity contribution in [3.8, 4) is 0 Å². The Hall–Kier alpha value is -1.36. The number of aromatic nitrogens is 2. The first-order chi connectivity index (χ1) is 8.72. The zero-order valence-electron chi connectivity index (χ0n) is 11.2. The average molecular weight is 250 g/mol. The minimum atomic E-state index is 0.588. The van der Waals surface area contributed by atoms with E-state index in [0.29, 0.717) is 11.7 Å².